The second kappa shape index (κ2) is 32.2. The van der Waals surface area contributed by atoms with Crippen LogP contribution < -0.4 is 18.9 Å². The molecule has 0 radical (unpaired) electrons. The van der Waals surface area contributed by atoms with Crippen molar-refractivity contribution < 1.29 is 65.2 Å². The number of ether oxygens (including phenoxy) is 6. The zero-order valence-corrected chi connectivity index (χ0v) is 53.0. The lowest BCUT2D eigenvalue weighted by atomic mass is 9.94. The lowest BCUT2D eigenvalue weighted by molar-refractivity contribution is 0.0522. The van der Waals surface area contributed by atoms with Crippen LogP contribution in [0.4, 0.5) is 0 Å². The summed E-state index contributed by atoms with van der Waals surface area (Å²) >= 11 is 3.54. The van der Waals surface area contributed by atoms with Gasteiger partial charge in [0.2, 0.25) is 0 Å². The van der Waals surface area contributed by atoms with E-state index >= 15 is 0 Å². The molecule has 2 aromatic rings. The molecule has 2 aliphatic heterocycles. The van der Waals surface area contributed by atoms with Crippen molar-refractivity contribution >= 4 is 59.2 Å². The quantitative estimate of drug-likeness (QED) is 0.0244. The highest BCUT2D eigenvalue weighted by molar-refractivity contribution is 9.09. The van der Waals surface area contributed by atoms with Crippen LogP contribution in [0.3, 0.4) is 0 Å². The molecule has 75 heavy (non-hydrogen) atoms. The number of esters is 2. The minimum atomic E-state index is -3.58. The number of fused-ring (bicyclic) bond motifs is 2. The first-order valence-electron chi connectivity index (χ1n) is 25.9. The molecule has 0 saturated heterocycles. The summed E-state index contributed by atoms with van der Waals surface area (Å²) in [6.45, 7) is 31.3. The number of nitriles is 2. The number of cyclic esters (lactones) is 2. The van der Waals surface area contributed by atoms with E-state index in [9.17, 15) is 24.0 Å². The molecule has 21 heteroatoms. The fourth-order valence-corrected chi connectivity index (χ4v) is 13.1. The third kappa shape index (κ3) is 19.9. The average molecular weight is 1180 g/mol. The standard InChI is InChI=1S/C27H42NO7PSi.C21H31BrO4Si.C6H12NO3P/c1-9-20(16-21(17-28)36(30,34-10-2)35-11-3)12-13-22-25(31-5)19(4)23-18-33-27(29)24(23)26(22)32-14-15-37(6,7)8;1-7-15(12-22)8-9-16-19(24-3)14(2)17-13-26-21(23)18(17)20(16)25-10-11-27(4,5)6;1-3-9-11(8,6-5-7)10-4-2/h12,21H,9-11,13-16,18H2,1-8H3;8H,7,9-13H2,1-6H3;3-4,6H2,1-2H3/b20-12+;15-8+;. The molecule has 0 spiro atoms. The summed E-state index contributed by atoms with van der Waals surface area (Å²) in [5.41, 5.74) is 7.62. The number of carbonyl (C=O) groups is 2. The van der Waals surface area contributed by atoms with Crippen LogP contribution in [0.1, 0.15) is 115 Å². The molecule has 1 atom stereocenters. The molecule has 420 valence electrons. The van der Waals surface area contributed by atoms with Crippen LogP contribution >= 0.6 is 31.1 Å². The predicted molar refractivity (Wildman–Crippen MR) is 305 cm³/mol. The zero-order valence-electron chi connectivity index (χ0n) is 47.6. The predicted octanol–water partition coefficient (Wildman–Crippen LogP) is 14.3. The summed E-state index contributed by atoms with van der Waals surface area (Å²) < 4.78 is 79.9. The van der Waals surface area contributed by atoms with Gasteiger partial charge in [0.1, 0.15) is 53.5 Å². The number of nitrogens with zero attached hydrogens (tertiary/aromatic N) is 2. The molecule has 0 aliphatic carbocycles. The molecule has 16 nitrogen and oxygen atoms in total. The van der Waals surface area contributed by atoms with Crippen molar-refractivity contribution in [1.29, 1.82) is 10.5 Å². The smallest absolute Gasteiger partial charge is 0.348 e. The maximum Gasteiger partial charge on any atom is 0.348 e. The Labute approximate surface area is 458 Å². The van der Waals surface area contributed by atoms with Gasteiger partial charge in [-0.2, -0.15) is 10.5 Å². The Hall–Kier alpha value is -3.75. The van der Waals surface area contributed by atoms with Crippen LogP contribution in [-0.4, -0.2) is 99.1 Å². The second-order valence-electron chi connectivity index (χ2n) is 20.1. The molecule has 2 aliphatic rings. The Balaban J connectivity index is 0.000000441. The highest BCUT2D eigenvalue weighted by Gasteiger charge is 2.38. The maximum atomic E-state index is 13.3. The Kier molecular flexibility index (Phi) is 28.9. The molecular formula is C54H85BrN2O14P2Si2. The summed E-state index contributed by atoms with van der Waals surface area (Å²) in [7, 11) is -5.99. The monoisotopic (exact) mass is 1180 g/mol. The van der Waals surface area contributed by atoms with E-state index in [0.717, 1.165) is 68.5 Å². The Morgan fingerprint density at radius 1 is 0.667 bits per heavy atom. The van der Waals surface area contributed by atoms with Gasteiger partial charge in [0.15, 0.2) is 5.66 Å². The van der Waals surface area contributed by atoms with E-state index in [0.29, 0.717) is 80.7 Å². The van der Waals surface area contributed by atoms with E-state index in [1.807, 2.05) is 26.8 Å². The lowest BCUT2D eigenvalue weighted by Gasteiger charge is -2.23. The van der Waals surface area contributed by atoms with Crippen LogP contribution in [0.5, 0.6) is 23.0 Å². The minimum Gasteiger partial charge on any atom is -0.496 e. The summed E-state index contributed by atoms with van der Waals surface area (Å²) in [4.78, 5) is 25.2. The molecule has 4 rings (SSSR count). The number of hydrogen-bond acceptors (Lipinski definition) is 16. The Morgan fingerprint density at radius 2 is 1.07 bits per heavy atom. The van der Waals surface area contributed by atoms with Crippen molar-refractivity contribution in [2.45, 2.75) is 158 Å². The fraction of sp³-hybridized carbons (Fsp3) is 0.630. The van der Waals surface area contributed by atoms with Crippen LogP contribution in [0, 0.1) is 36.5 Å². The SMILES string of the molecule is CC/C(=C\Cc1c(OC)c(C)c2c(c1OCC[Si](C)(C)C)C(=O)OC2)CBr.CCOP(=O)(CC#N)OCC.CCOP(=O)(OCC)C(C#N)C/C(=C/Cc1c(OC)c(C)c2c(c1OCC[Si](C)(C)C)C(=O)OC2)CC. The molecule has 0 aromatic heterocycles. The summed E-state index contributed by atoms with van der Waals surface area (Å²) in [5.74, 6) is 1.95. The van der Waals surface area contributed by atoms with Crippen molar-refractivity contribution in [3.05, 3.63) is 67.8 Å². The molecule has 0 saturated carbocycles. The van der Waals surface area contributed by atoms with E-state index < -0.39 is 37.0 Å². The lowest BCUT2D eigenvalue weighted by Crippen LogP contribution is -2.23. The first kappa shape index (κ1) is 67.4. The van der Waals surface area contributed by atoms with Crippen LogP contribution in [0.15, 0.2) is 23.3 Å². The number of carbonyl (C=O) groups excluding carboxylic acids is 2. The van der Waals surface area contributed by atoms with Gasteiger partial charge in [0.25, 0.3) is 0 Å². The van der Waals surface area contributed by atoms with Crippen molar-refractivity contribution in [2.24, 2.45) is 0 Å². The highest BCUT2D eigenvalue weighted by atomic mass is 79.9. The Morgan fingerprint density at radius 3 is 1.39 bits per heavy atom. The fourth-order valence-electron chi connectivity index (χ4n) is 8.08. The van der Waals surface area contributed by atoms with Gasteiger partial charge in [-0.1, -0.05) is 92.4 Å². The molecule has 0 bridgehead atoms. The van der Waals surface area contributed by atoms with Gasteiger partial charge in [0.05, 0.1) is 66.0 Å². The van der Waals surface area contributed by atoms with Crippen LogP contribution in [-0.2, 0) is 62.8 Å². The van der Waals surface area contributed by atoms with Crippen molar-refractivity contribution in [3.8, 4) is 35.1 Å². The second-order valence-corrected chi connectivity index (χ2v) is 36.1. The van der Waals surface area contributed by atoms with Gasteiger partial charge in [-0.05, 0) is 96.9 Å². The third-order valence-corrected chi connectivity index (χ3v) is 20.5. The highest BCUT2D eigenvalue weighted by Crippen LogP contribution is 2.55. The van der Waals surface area contributed by atoms with Crippen LogP contribution in [0.2, 0.25) is 51.4 Å². The van der Waals surface area contributed by atoms with Crippen LogP contribution in [0.25, 0.3) is 0 Å². The Bertz CT molecular complexity index is 2470. The number of methoxy groups -OCH3 is 2. The molecule has 1 unspecified atom stereocenters. The number of allylic oxidation sites excluding steroid dienone is 4. The number of rotatable bonds is 29. The third-order valence-electron chi connectivity index (χ3n) is 12.2. The first-order chi connectivity index (χ1) is 35.4. The number of alkyl halides is 1. The molecule has 0 amide bonds. The van der Waals surface area contributed by atoms with Crippen molar-refractivity contribution in [2.75, 3.05) is 65.4 Å². The summed E-state index contributed by atoms with van der Waals surface area (Å²) in [6.07, 6.45) is 7.00. The van der Waals surface area contributed by atoms with Crippen molar-refractivity contribution in [3.63, 3.8) is 0 Å². The molecule has 0 fully saturated rings. The number of benzene rings is 2. The molecule has 2 heterocycles. The van der Waals surface area contributed by atoms with Gasteiger partial charge >= 0.3 is 27.1 Å². The molecular weight excluding hydrogens is 1100 g/mol. The van der Waals surface area contributed by atoms with E-state index in [4.69, 9.17) is 51.8 Å². The molecule has 0 N–H and O–H groups in total. The zero-order chi connectivity index (χ0) is 56.7. The topological polar surface area (TPSA) is 208 Å². The molecule has 2 aromatic carbocycles. The van der Waals surface area contributed by atoms with E-state index in [1.54, 1.807) is 48.0 Å². The van der Waals surface area contributed by atoms with E-state index in [-0.39, 0.29) is 44.3 Å². The first-order valence-corrected chi connectivity index (χ1v) is 37.7. The van der Waals surface area contributed by atoms with Gasteiger partial charge in [0, 0.05) is 43.7 Å². The number of halogens is 1. The van der Waals surface area contributed by atoms with E-state index in [2.05, 4.69) is 74.3 Å². The summed E-state index contributed by atoms with van der Waals surface area (Å²) in [5, 5.41) is 18.9. The normalized spacial score (nSPS) is 14.0. The van der Waals surface area contributed by atoms with Gasteiger partial charge in [-0.3, -0.25) is 9.13 Å². The van der Waals surface area contributed by atoms with E-state index in [1.165, 1.54) is 5.57 Å². The number of hydrogen-bond donors (Lipinski definition) is 0. The minimum absolute atomic E-state index is 0.172. The largest absolute Gasteiger partial charge is 0.496 e. The average Bonchev–Trinajstić information content (AvgIpc) is 3.93. The van der Waals surface area contributed by atoms with Crippen molar-refractivity contribution in [1.82, 2.24) is 0 Å². The summed E-state index contributed by atoms with van der Waals surface area (Å²) in [6, 6.07) is 5.88. The van der Waals surface area contributed by atoms with Gasteiger partial charge in [-0.25, -0.2) is 9.59 Å². The maximum absolute atomic E-state index is 13.3. The van der Waals surface area contributed by atoms with Gasteiger partial charge in [-0.15, -0.1) is 0 Å². The van der Waals surface area contributed by atoms with Gasteiger partial charge < -0.3 is 46.5 Å².